The Morgan fingerprint density at radius 3 is 2.28 bits per heavy atom. The Labute approximate surface area is 525 Å². The molecule has 7 heterocycles. The second-order valence-corrected chi connectivity index (χ2v) is 24.1. The second-order valence-electron chi connectivity index (χ2n) is 22.2. The number of piperazine rings is 2. The lowest BCUT2D eigenvalue weighted by molar-refractivity contribution is -0.117. The highest BCUT2D eigenvalue weighted by molar-refractivity contribution is 7.99. The van der Waals surface area contributed by atoms with Crippen LogP contribution in [0.5, 0.6) is 5.75 Å². The summed E-state index contributed by atoms with van der Waals surface area (Å²) in [7, 11) is 2.14. The number of nitrogens with zero attached hydrogens (tertiary/aromatic N) is 9. The number of hydrogen-bond donors (Lipinski definition) is 7. The molecule has 23 heteroatoms. The van der Waals surface area contributed by atoms with Crippen molar-refractivity contribution in [2.45, 2.75) is 61.7 Å². The molecule has 4 fully saturated rings. The molecule has 0 radical (unpaired) electrons. The molecule has 1 saturated carbocycles. The molecule has 3 saturated heterocycles. The Morgan fingerprint density at radius 1 is 0.795 bits per heavy atom. The number of piperidine rings is 1. The summed E-state index contributed by atoms with van der Waals surface area (Å²) in [6.07, 6.45) is 11.4. The van der Waals surface area contributed by atoms with E-state index in [1.165, 1.54) is 23.9 Å². The Morgan fingerprint density at radius 2 is 1.55 bits per heavy atom. The van der Waals surface area contributed by atoms with Gasteiger partial charge < -0.3 is 46.4 Å². The van der Waals surface area contributed by atoms with Crippen molar-refractivity contribution in [3.63, 3.8) is 0 Å². The zero-order valence-electron chi connectivity index (χ0n) is 49.3. The number of anilines is 5. The van der Waals surface area contributed by atoms with E-state index in [1.54, 1.807) is 13.0 Å². The number of fused-ring (bicyclic) bond motifs is 1. The zero-order valence-corrected chi connectivity index (χ0v) is 51.6. The van der Waals surface area contributed by atoms with Crippen LogP contribution in [0.25, 0.3) is 34.2 Å². The van der Waals surface area contributed by atoms with Gasteiger partial charge in [-0.15, -0.1) is 0 Å². The van der Waals surface area contributed by atoms with Gasteiger partial charge in [0.05, 0.1) is 34.2 Å². The van der Waals surface area contributed by atoms with Crippen LogP contribution in [0.15, 0.2) is 138 Å². The van der Waals surface area contributed by atoms with Crippen LogP contribution < -0.4 is 36.6 Å². The Hall–Kier alpha value is -8.31. The maximum atomic E-state index is 13.9. The van der Waals surface area contributed by atoms with Gasteiger partial charge in [-0.05, 0) is 155 Å². The van der Waals surface area contributed by atoms with Gasteiger partial charge in [0, 0.05) is 120 Å². The summed E-state index contributed by atoms with van der Waals surface area (Å²) in [6.45, 7) is 12.9. The summed E-state index contributed by atoms with van der Waals surface area (Å²) in [6, 6.07) is 36.2. The molecule has 0 bridgehead atoms. The quantitative estimate of drug-likeness (QED) is 0.0288. The number of carbonyl (C=O) groups excluding carboxylic acids is 2. The Balaban J connectivity index is 0.000000138. The number of H-pyrrole nitrogens is 2. The molecule has 4 aromatic heterocycles. The van der Waals surface area contributed by atoms with Crippen LogP contribution in [0.1, 0.15) is 77.6 Å². The molecule has 88 heavy (non-hydrogen) atoms. The fourth-order valence-electron chi connectivity index (χ4n) is 10.4. The lowest BCUT2D eigenvalue weighted by Crippen LogP contribution is -2.46. The standard InChI is InChI=1S/C23H28N8OS.C22H23Cl2FN4O.C20H20N4O/c1-15-13-20(29-28-15)25-19-14-21(31-11-9-30(2)10-12-31)27-23(26-19)33-18-7-5-17(6-8-18)24-22(32)16-3-4-16;1-13(21-17(23)3-4-18(25)22(21)24)30-20-10-14(2-5-19(20)26)15-11-28-29(12-15)16-6-8-27-9-7-16;25-20(24-13-11-21-12-14-24)16-8-5-15(6-9-16)7-10-19-17-3-1-2-4-18(17)22-23-19/h5-8,13-14,16H,3-4,9-12H2,1-2H3,(H,24,32)(H2,25,26,27,28,29);2-5,10-13,16,27H,6-9,26H2,1H3;1-10,21H,11-14H2,(H,22,23)/b;;10-7+/t;13-;/m.1./s1. The van der Waals surface area contributed by atoms with E-state index in [1.807, 2.05) is 132 Å². The van der Waals surface area contributed by atoms with Crippen LogP contribution in [-0.2, 0) is 4.79 Å². The number of amides is 2. The number of halogens is 3. The minimum Gasteiger partial charge on any atom is -0.484 e. The van der Waals surface area contributed by atoms with E-state index in [9.17, 15) is 14.0 Å². The number of aromatic nitrogens is 8. The van der Waals surface area contributed by atoms with Gasteiger partial charge in [0.1, 0.15) is 29.3 Å². The van der Waals surface area contributed by atoms with Crippen LogP contribution >= 0.6 is 35.0 Å². The van der Waals surface area contributed by atoms with Gasteiger partial charge in [0.15, 0.2) is 11.0 Å². The van der Waals surface area contributed by atoms with Gasteiger partial charge in [-0.1, -0.05) is 65.7 Å². The van der Waals surface area contributed by atoms with Crippen molar-refractivity contribution < 1.29 is 18.7 Å². The third-order valence-corrected chi connectivity index (χ3v) is 17.3. The Kier molecular flexibility index (Phi) is 20.0. The van der Waals surface area contributed by atoms with Gasteiger partial charge >= 0.3 is 0 Å². The molecule has 1 aliphatic carbocycles. The summed E-state index contributed by atoms with van der Waals surface area (Å²) in [4.78, 5) is 41.6. The molecule has 3 aliphatic heterocycles. The first-order valence-corrected chi connectivity index (χ1v) is 31.2. The fourth-order valence-corrected chi connectivity index (χ4v) is 11.9. The van der Waals surface area contributed by atoms with Crippen LogP contribution in [0.3, 0.4) is 0 Å². The van der Waals surface area contributed by atoms with Crippen molar-refractivity contribution in [2.75, 3.05) is 93.8 Å². The molecule has 0 unspecified atom stereocenters. The molecule has 19 nitrogen and oxygen atoms in total. The van der Waals surface area contributed by atoms with Gasteiger partial charge in [-0.2, -0.15) is 15.3 Å². The van der Waals surface area contributed by atoms with E-state index in [0.29, 0.717) is 39.0 Å². The maximum Gasteiger partial charge on any atom is 0.253 e. The van der Waals surface area contributed by atoms with Crippen LogP contribution in [-0.4, -0.2) is 134 Å². The lowest BCUT2D eigenvalue weighted by Gasteiger charge is -2.33. The number of aromatic amines is 2. The minimum absolute atomic E-state index is 0.0482. The molecule has 5 aromatic carbocycles. The summed E-state index contributed by atoms with van der Waals surface area (Å²) in [5.41, 5.74) is 14.4. The highest BCUT2D eigenvalue weighted by Crippen LogP contribution is 2.39. The number of ether oxygens (including phenoxy) is 1. The largest absolute Gasteiger partial charge is 0.484 e. The number of likely N-dealkylation sites (N-methyl/N-ethyl adjacent to an activating group) is 1. The van der Waals surface area contributed by atoms with Gasteiger partial charge in [0.25, 0.3) is 5.91 Å². The van der Waals surface area contributed by atoms with E-state index in [4.69, 9.17) is 43.6 Å². The predicted octanol–water partition coefficient (Wildman–Crippen LogP) is 11.9. The first kappa shape index (κ1) is 61.3. The topological polar surface area (TPSA) is 228 Å². The summed E-state index contributed by atoms with van der Waals surface area (Å²) in [5, 5.41) is 34.1. The number of rotatable bonds is 15. The number of hydrogen-bond acceptors (Lipinski definition) is 15. The number of nitrogens with two attached hydrogens (primary N) is 1. The Bertz CT molecular complexity index is 3870. The molecular weight excluding hydrogens is 1170 g/mol. The van der Waals surface area contributed by atoms with E-state index in [-0.39, 0.29) is 22.8 Å². The molecule has 1 atom stereocenters. The van der Waals surface area contributed by atoms with E-state index in [0.717, 1.165) is 158 Å². The normalized spacial score (nSPS) is 15.9. The third kappa shape index (κ3) is 15.9. The number of carbonyl (C=O) groups is 2. The van der Waals surface area contributed by atoms with E-state index >= 15 is 0 Å². The van der Waals surface area contributed by atoms with E-state index in [2.05, 4.69) is 69.8 Å². The summed E-state index contributed by atoms with van der Waals surface area (Å²) in [5.74, 6) is 2.68. The predicted molar refractivity (Wildman–Crippen MR) is 349 cm³/mol. The number of aryl methyl sites for hydroxylation is 1. The number of benzene rings is 5. The molecular formula is C65H71Cl2FN16O3S. The molecule has 9 aromatic rings. The van der Waals surface area contributed by atoms with Crippen molar-refractivity contribution in [3.8, 4) is 16.9 Å². The first-order valence-electron chi connectivity index (χ1n) is 29.6. The molecule has 4 aliphatic rings. The first-order chi connectivity index (χ1) is 42.8. The highest BCUT2D eigenvalue weighted by atomic mass is 35.5. The van der Waals surface area contributed by atoms with Crippen molar-refractivity contribution in [1.82, 2.24) is 60.6 Å². The smallest absolute Gasteiger partial charge is 0.253 e. The highest BCUT2D eigenvalue weighted by Gasteiger charge is 2.30. The maximum absolute atomic E-state index is 13.9. The van der Waals surface area contributed by atoms with Crippen molar-refractivity contribution in [1.29, 1.82) is 0 Å². The van der Waals surface area contributed by atoms with Gasteiger partial charge in [0.2, 0.25) is 5.91 Å². The fraction of sp³-hybridized carbons (Fsp3) is 0.308. The lowest BCUT2D eigenvalue weighted by atomic mass is 10.1. The zero-order chi connectivity index (χ0) is 61.1. The molecule has 2 amide bonds. The average Bonchev–Trinajstić information content (AvgIpc) is 3.98. The molecule has 8 N–H and O–H groups in total. The van der Waals surface area contributed by atoms with Crippen LogP contribution in [0.4, 0.5) is 33.2 Å². The summed E-state index contributed by atoms with van der Waals surface area (Å²) >= 11 is 13.8. The monoisotopic (exact) mass is 1240 g/mol. The summed E-state index contributed by atoms with van der Waals surface area (Å²) < 4.78 is 22.0. The average molecular weight is 1250 g/mol. The van der Waals surface area contributed by atoms with Crippen molar-refractivity contribution >= 4 is 98.7 Å². The van der Waals surface area contributed by atoms with Gasteiger partial charge in [-0.25, -0.2) is 14.4 Å². The number of nitrogen functional groups attached to an aromatic ring is 1. The number of para-hydroxylation sites is 1. The van der Waals surface area contributed by atoms with Gasteiger partial charge in [-0.3, -0.25) is 24.5 Å². The van der Waals surface area contributed by atoms with Crippen LogP contribution in [0.2, 0.25) is 10.0 Å². The molecule has 13 rings (SSSR count). The SMILES string of the molecule is C[C@@H](Oc1cc(-c2cnn(C3CCNCC3)c2)ccc1N)c1c(Cl)ccc(F)c1Cl.Cc1cc(Nc2cc(N3CCN(C)CC3)nc(Sc3ccc(NC(=O)C4CC4)cc3)n2)n[nH]1.O=C(c1ccc(/C=C/c2n[nH]c3ccccc23)cc1)N1CCNCC1. The van der Waals surface area contributed by atoms with Crippen LogP contribution in [0, 0.1) is 18.7 Å². The number of nitrogens with one attached hydrogen (secondary N) is 6. The second kappa shape index (κ2) is 28.7. The van der Waals surface area contributed by atoms with E-state index < -0.39 is 11.9 Å². The van der Waals surface area contributed by atoms with Crippen molar-refractivity contribution in [2.24, 2.45) is 5.92 Å². The molecule has 456 valence electrons. The minimum atomic E-state index is -0.587. The third-order valence-electron chi connectivity index (χ3n) is 15.7. The van der Waals surface area contributed by atoms with Crippen molar-refractivity contribution in [3.05, 3.63) is 172 Å². The molecule has 0 spiro atoms.